The molecule has 1 unspecified atom stereocenters. The lowest BCUT2D eigenvalue weighted by atomic mass is 10.2. The molecule has 1 N–H and O–H groups in total. The molecule has 2 aromatic rings. The third kappa shape index (κ3) is 3.76. The van der Waals surface area contributed by atoms with Crippen molar-refractivity contribution < 1.29 is 9.18 Å². The van der Waals surface area contributed by atoms with E-state index in [-0.39, 0.29) is 17.1 Å². The highest BCUT2D eigenvalue weighted by Crippen LogP contribution is 2.29. The molecule has 0 radical (unpaired) electrons. The Morgan fingerprint density at radius 2 is 1.76 bits per heavy atom. The van der Waals surface area contributed by atoms with Gasteiger partial charge in [-0.25, -0.2) is 9.18 Å². The SMILES string of the molecule is CSC(c1ccccc1)N(C)C(=O)Nc1ccccc1F. The minimum atomic E-state index is -0.445. The topological polar surface area (TPSA) is 32.3 Å². The second kappa shape index (κ2) is 7.13. The summed E-state index contributed by atoms with van der Waals surface area (Å²) in [4.78, 5) is 13.8. The number of carbonyl (C=O) groups excluding carboxylic acids is 1. The van der Waals surface area contributed by atoms with Crippen LogP contribution in [0.4, 0.5) is 14.9 Å². The first kappa shape index (κ1) is 15.4. The molecule has 0 aliphatic carbocycles. The number of para-hydroxylation sites is 1. The van der Waals surface area contributed by atoms with Crippen LogP contribution in [0.15, 0.2) is 54.6 Å². The van der Waals surface area contributed by atoms with Gasteiger partial charge in [0.25, 0.3) is 0 Å². The number of halogens is 1. The number of nitrogens with one attached hydrogen (secondary N) is 1. The fourth-order valence-corrected chi connectivity index (χ4v) is 2.85. The molecule has 3 nitrogen and oxygen atoms in total. The zero-order valence-electron chi connectivity index (χ0n) is 11.9. The summed E-state index contributed by atoms with van der Waals surface area (Å²) in [5.41, 5.74) is 1.21. The molecule has 0 aliphatic rings. The van der Waals surface area contributed by atoms with Crippen LogP contribution < -0.4 is 5.32 Å². The Morgan fingerprint density at radius 3 is 2.38 bits per heavy atom. The maximum atomic E-state index is 13.6. The number of urea groups is 1. The molecule has 0 aliphatic heterocycles. The van der Waals surface area contributed by atoms with Crippen molar-refractivity contribution in [2.24, 2.45) is 0 Å². The summed E-state index contributed by atoms with van der Waals surface area (Å²) in [5.74, 6) is -0.445. The molecule has 0 spiro atoms. The second-order valence-electron chi connectivity index (χ2n) is 4.52. The zero-order chi connectivity index (χ0) is 15.2. The van der Waals surface area contributed by atoms with Crippen LogP contribution in [0.2, 0.25) is 0 Å². The third-order valence-electron chi connectivity index (χ3n) is 3.10. The molecule has 110 valence electrons. The lowest BCUT2D eigenvalue weighted by Gasteiger charge is -2.27. The van der Waals surface area contributed by atoms with Crippen LogP contribution in [0.25, 0.3) is 0 Å². The highest BCUT2D eigenvalue weighted by Gasteiger charge is 2.21. The van der Waals surface area contributed by atoms with Crippen LogP contribution in [-0.2, 0) is 0 Å². The first-order valence-electron chi connectivity index (χ1n) is 6.49. The van der Waals surface area contributed by atoms with E-state index in [1.807, 2.05) is 36.6 Å². The van der Waals surface area contributed by atoms with E-state index in [2.05, 4.69) is 5.32 Å². The predicted molar refractivity (Wildman–Crippen MR) is 85.9 cm³/mol. The van der Waals surface area contributed by atoms with E-state index in [9.17, 15) is 9.18 Å². The smallest absolute Gasteiger partial charge is 0.311 e. The Kier molecular flexibility index (Phi) is 5.22. The summed E-state index contributed by atoms with van der Waals surface area (Å²) in [7, 11) is 1.70. The Hall–Kier alpha value is -2.01. The van der Waals surface area contributed by atoms with Crippen molar-refractivity contribution in [2.45, 2.75) is 5.37 Å². The molecular weight excluding hydrogens is 287 g/mol. The van der Waals surface area contributed by atoms with Gasteiger partial charge < -0.3 is 10.2 Å². The first-order valence-corrected chi connectivity index (χ1v) is 7.78. The minimum Gasteiger partial charge on any atom is -0.311 e. The number of benzene rings is 2. The van der Waals surface area contributed by atoms with Gasteiger partial charge in [0.2, 0.25) is 0 Å². The number of carbonyl (C=O) groups is 1. The highest BCUT2D eigenvalue weighted by atomic mass is 32.2. The number of anilines is 1. The van der Waals surface area contributed by atoms with Crippen molar-refractivity contribution in [1.82, 2.24) is 4.90 Å². The van der Waals surface area contributed by atoms with Crippen LogP contribution in [0, 0.1) is 5.82 Å². The van der Waals surface area contributed by atoms with Crippen molar-refractivity contribution in [1.29, 1.82) is 0 Å². The number of nitrogens with zero attached hydrogens (tertiary/aromatic N) is 1. The van der Waals surface area contributed by atoms with Crippen LogP contribution in [0.5, 0.6) is 0 Å². The molecule has 2 amide bonds. The minimum absolute atomic E-state index is 0.127. The Bertz CT molecular complexity index is 606. The third-order valence-corrected chi connectivity index (χ3v) is 4.13. The highest BCUT2D eigenvalue weighted by molar-refractivity contribution is 7.98. The first-order chi connectivity index (χ1) is 10.1. The fourth-order valence-electron chi connectivity index (χ4n) is 2.01. The van der Waals surface area contributed by atoms with Gasteiger partial charge in [0, 0.05) is 7.05 Å². The number of hydrogen-bond donors (Lipinski definition) is 1. The molecule has 0 heterocycles. The normalized spacial score (nSPS) is 11.8. The molecule has 5 heteroatoms. The molecule has 2 rings (SSSR count). The molecule has 0 aromatic heterocycles. The summed E-state index contributed by atoms with van der Waals surface area (Å²) >= 11 is 1.55. The standard InChI is InChI=1S/C16H17FN2OS/c1-19(15(21-2)12-8-4-3-5-9-12)16(20)18-14-11-7-6-10-13(14)17/h3-11,15H,1-2H3,(H,18,20). The summed E-state index contributed by atoms with van der Waals surface area (Å²) in [6.07, 6.45) is 1.94. The van der Waals surface area contributed by atoms with Gasteiger partial charge in [0.1, 0.15) is 11.2 Å². The monoisotopic (exact) mass is 304 g/mol. The molecule has 21 heavy (non-hydrogen) atoms. The summed E-state index contributed by atoms with van der Waals surface area (Å²) in [6, 6.07) is 15.5. The molecular formula is C16H17FN2OS. The van der Waals surface area contributed by atoms with Gasteiger partial charge >= 0.3 is 6.03 Å². The van der Waals surface area contributed by atoms with Crippen LogP contribution in [-0.4, -0.2) is 24.2 Å². The number of amides is 2. The van der Waals surface area contributed by atoms with E-state index < -0.39 is 5.82 Å². The van der Waals surface area contributed by atoms with Gasteiger partial charge in [0.05, 0.1) is 5.69 Å². The van der Waals surface area contributed by atoms with E-state index in [0.29, 0.717) is 0 Å². The largest absolute Gasteiger partial charge is 0.322 e. The van der Waals surface area contributed by atoms with Gasteiger partial charge in [-0.15, -0.1) is 11.8 Å². The van der Waals surface area contributed by atoms with Gasteiger partial charge in [-0.05, 0) is 24.0 Å². The van der Waals surface area contributed by atoms with E-state index >= 15 is 0 Å². The van der Waals surface area contributed by atoms with Crippen molar-refractivity contribution >= 4 is 23.5 Å². The van der Waals surface area contributed by atoms with Gasteiger partial charge in [0.15, 0.2) is 0 Å². The van der Waals surface area contributed by atoms with Crippen LogP contribution in [0.3, 0.4) is 0 Å². The zero-order valence-corrected chi connectivity index (χ0v) is 12.7. The summed E-state index contributed by atoms with van der Waals surface area (Å²) < 4.78 is 13.6. The molecule has 2 aromatic carbocycles. The number of thioether (sulfide) groups is 1. The summed E-state index contributed by atoms with van der Waals surface area (Å²) in [6.45, 7) is 0. The molecule has 0 bridgehead atoms. The average Bonchev–Trinajstić information content (AvgIpc) is 2.51. The van der Waals surface area contributed by atoms with Crippen molar-refractivity contribution in [3.05, 3.63) is 66.0 Å². The Labute approximate surface area is 128 Å². The van der Waals surface area contributed by atoms with E-state index in [4.69, 9.17) is 0 Å². The molecule has 0 saturated heterocycles. The van der Waals surface area contributed by atoms with Gasteiger partial charge in [-0.1, -0.05) is 42.5 Å². The Morgan fingerprint density at radius 1 is 1.14 bits per heavy atom. The van der Waals surface area contributed by atoms with Crippen molar-refractivity contribution in [2.75, 3.05) is 18.6 Å². The fraction of sp³-hybridized carbons (Fsp3) is 0.188. The van der Waals surface area contributed by atoms with Crippen LogP contribution >= 0.6 is 11.8 Å². The van der Waals surface area contributed by atoms with Gasteiger partial charge in [-0.3, -0.25) is 0 Å². The predicted octanol–water partition coefficient (Wildman–Crippen LogP) is 4.35. The molecule has 1 atom stereocenters. The lowest BCUT2D eigenvalue weighted by molar-refractivity contribution is 0.219. The maximum absolute atomic E-state index is 13.6. The average molecular weight is 304 g/mol. The number of hydrogen-bond acceptors (Lipinski definition) is 2. The van der Waals surface area contributed by atoms with Crippen molar-refractivity contribution in [3.8, 4) is 0 Å². The molecule has 0 fully saturated rings. The van der Waals surface area contributed by atoms with E-state index in [1.165, 1.54) is 12.1 Å². The Balaban J connectivity index is 2.13. The van der Waals surface area contributed by atoms with Crippen molar-refractivity contribution in [3.63, 3.8) is 0 Å². The van der Waals surface area contributed by atoms with Gasteiger partial charge in [-0.2, -0.15) is 0 Å². The molecule has 0 saturated carbocycles. The summed E-state index contributed by atoms with van der Waals surface area (Å²) in [5, 5.41) is 2.47. The van der Waals surface area contributed by atoms with Crippen LogP contribution in [0.1, 0.15) is 10.9 Å². The van der Waals surface area contributed by atoms with E-state index in [0.717, 1.165) is 5.56 Å². The number of rotatable bonds is 4. The van der Waals surface area contributed by atoms with E-state index in [1.54, 1.807) is 35.8 Å². The maximum Gasteiger partial charge on any atom is 0.322 e. The second-order valence-corrected chi connectivity index (χ2v) is 5.44. The quantitative estimate of drug-likeness (QED) is 0.852. The lowest BCUT2D eigenvalue weighted by Crippen LogP contribution is -2.33.